The van der Waals surface area contributed by atoms with Gasteiger partial charge in [-0.05, 0) is 31.9 Å². The lowest BCUT2D eigenvalue weighted by Crippen LogP contribution is -2.05. The lowest BCUT2D eigenvalue weighted by Gasteiger charge is -2.10. The molecule has 0 aliphatic carbocycles. The van der Waals surface area contributed by atoms with Crippen molar-refractivity contribution in [3.63, 3.8) is 0 Å². The third-order valence-electron chi connectivity index (χ3n) is 2.63. The van der Waals surface area contributed by atoms with Crippen molar-refractivity contribution in [3.05, 3.63) is 22.4 Å². The van der Waals surface area contributed by atoms with Gasteiger partial charge in [0.25, 0.3) is 0 Å². The highest BCUT2D eigenvalue weighted by Gasteiger charge is 2.14. The number of pyridine rings is 1. The van der Waals surface area contributed by atoms with Crippen LogP contribution < -0.4 is 0 Å². The number of carbonyl (C=O) groups excluding carboxylic acids is 1. The maximum atomic E-state index is 11.1. The molecule has 0 amide bonds. The monoisotopic (exact) mass is 250 g/mol. The summed E-state index contributed by atoms with van der Waals surface area (Å²) < 4.78 is 4.56. The molecule has 0 aromatic carbocycles. The summed E-state index contributed by atoms with van der Waals surface area (Å²) in [5, 5.41) is 9.71. The van der Waals surface area contributed by atoms with Crippen LogP contribution in [0.2, 0.25) is 0 Å². The number of aryl methyl sites for hydroxylation is 1. The minimum absolute atomic E-state index is 0.167. The molecule has 0 fully saturated rings. The van der Waals surface area contributed by atoms with E-state index in [2.05, 4.69) is 15.8 Å². The van der Waals surface area contributed by atoms with Crippen molar-refractivity contribution in [2.24, 2.45) is 0 Å². The zero-order chi connectivity index (χ0) is 13.0. The number of thioether (sulfide) groups is 1. The first-order chi connectivity index (χ1) is 8.01. The number of methoxy groups -OCH3 is 1. The Balaban J connectivity index is 3.08. The van der Waals surface area contributed by atoms with Crippen LogP contribution in [0.4, 0.5) is 0 Å². The molecule has 90 valence electrons. The van der Waals surface area contributed by atoms with Crippen molar-refractivity contribution in [1.29, 1.82) is 5.26 Å². The largest absolute Gasteiger partial charge is 0.468 e. The summed E-state index contributed by atoms with van der Waals surface area (Å²) in [6.07, 6.45) is 0. The topological polar surface area (TPSA) is 63.0 Å². The van der Waals surface area contributed by atoms with Gasteiger partial charge in [0.15, 0.2) is 0 Å². The average molecular weight is 250 g/mol. The summed E-state index contributed by atoms with van der Waals surface area (Å²) >= 11 is 1.23. The number of nitriles is 1. The molecule has 0 unspecified atom stereocenters. The molecular formula is C12H14N2O2S. The van der Waals surface area contributed by atoms with Crippen LogP contribution in [0.3, 0.4) is 0 Å². The molecule has 4 nitrogen and oxygen atoms in total. The first-order valence-corrected chi connectivity index (χ1v) is 6.07. The first kappa shape index (κ1) is 13.5. The SMILES string of the molecule is COC(=O)CSc1nc(C)c(C)c(C)c1C#N. The van der Waals surface area contributed by atoms with Crippen molar-refractivity contribution in [2.45, 2.75) is 25.8 Å². The number of hydrogen-bond donors (Lipinski definition) is 0. The Hall–Kier alpha value is -1.54. The van der Waals surface area contributed by atoms with E-state index in [9.17, 15) is 4.79 Å². The number of ether oxygens (including phenoxy) is 1. The molecule has 1 heterocycles. The van der Waals surface area contributed by atoms with Gasteiger partial charge in [-0.1, -0.05) is 11.8 Å². The van der Waals surface area contributed by atoms with Crippen LogP contribution in [0.5, 0.6) is 0 Å². The summed E-state index contributed by atoms with van der Waals surface area (Å²) in [6.45, 7) is 5.73. The second kappa shape index (κ2) is 5.69. The molecule has 0 saturated carbocycles. The molecule has 17 heavy (non-hydrogen) atoms. The number of hydrogen-bond acceptors (Lipinski definition) is 5. The van der Waals surface area contributed by atoms with Crippen LogP contribution in [0.15, 0.2) is 5.03 Å². The van der Waals surface area contributed by atoms with E-state index in [1.807, 2.05) is 20.8 Å². The predicted octanol–water partition coefficient (Wildman–Crippen LogP) is 2.14. The van der Waals surface area contributed by atoms with Crippen LogP contribution in [-0.2, 0) is 9.53 Å². The third-order valence-corrected chi connectivity index (χ3v) is 3.58. The average Bonchev–Trinajstić information content (AvgIpc) is 2.33. The van der Waals surface area contributed by atoms with E-state index in [-0.39, 0.29) is 11.7 Å². The second-order valence-electron chi connectivity index (χ2n) is 3.60. The molecule has 0 aliphatic heterocycles. The van der Waals surface area contributed by atoms with Crippen molar-refractivity contribution >= 4 is 17.7 Å². The minimum atomic E-state index is -0.323. The van der Waals surface area contributed by atoms with Crippen molar-refractivity contribution < 1.29 is 9.53 Å². The molecule has 1 aromatic rings. The molecule has 0 bridgehead atoms. The number of nitrogens with zero attached hydrogens (tertiary/aromatic N) is 2. The van der Waals surface area contributed by atoms with E-state index in [4.69, 9.17) is 5.26 Å². The molecule has 5 heteroatoms. The highest BCUT2D eigenvalue weighted by molar-refractivity contribution is 7.99. The molecular weight excluding hydrogens is 236 g/mol. The van der Waals surface area contributed by atoms with Gasteiger partial charge in [-0.3, -0.25) is 4.79 Å². The minimum Gasteiger partial charge on any atom is -0.468 e. The summed E-state index contributed by atoms with van der Waals surface area (Å²) in [6, 6.07) is 2.14. The molecule has 0 radical (unpaired) electrons. The summed E-state index contributed by atoms with van der Waals surface area (Å²) in [7, 11) is 1.34. The van der Waals surface area contributed by atoms with Gasteiger partial charge in [-0.15, -0.1) is 0 Å². The molecule has 1 rings (SSSR count). The molecule has 0 saturated heterocycles. The van der Waals surface area contributed by atoms with Crippen molar-refractivity contribution in [1.82, 2.24) is 4.98 Å². The van der Waals surface area contributed by atoms with E-state index in [1.54, 1.807) is 0 Å². The normalized spacial score (nSPS) is 9.82. The number of aromatic nitrogens is 1. The van der Waals surface area contributed by atoms with Gasteiger partial charge in [0.2, 0.25) is 0 Å². The zero-order valence-electron chi connectivity index (χ0n) is 10.3. The van der Waals surface area contributed by atoms with Gasteiger partial charge < -0.3 is 4.74 Å². The highest BCUT2D eigenvalue weighted by atomic mass is 32.2. The van der Waals surface area contributed by atoms with E-state index >= 15 is 0 Å². The second-order valence-corrected chi connectivity index (χ2v) is 4.57. The smallest absolute Gasteiger partial charge is 0.316 e. The van der Waals surface area contributed by atoms with Gasteiger partial charge in [0.1, 0.15) is 11.1 Å². The van der Waals surface area contributed by atoms with E-state index < -0.39 is 0 Å². The van der Waals surface area contributed by atoms with Crippen LogP contribution in [0.25, 0.3) is 0 Å². The van der Waals surface area contributed by atoms with Gasteiger partial charge >= 0.3 is 5.97 Å². The van der Waals surface area contributed by atoms with Crippen LogP contribution in [0, 0.1) is 32.1 Å². The Labute approximate surface area is 105 Å². The molecule has 0 spiro atoms. The van der Waals surface area contributed by atoms with E-state index in [0.29, 0.717) is 10.6 Å². The summed E-state index contributed by atoms with van der Waals surface area (Å²) in [5.74, 6) is -0.156. The zero-order valence-corrected chi connectivity index (χ0v) is 11.1. The van der Waals surface area contributed by atoms with Gasteiger partial charge in [-0.2, -0.15) is 5.26 Å². The van der Waals surface area contributed by atoms with Gasteiger partial charge in [-0.25, -0.2) is 4.98 Å². The summed E-state index contributed by atoms with van der Waals surface area (Å²) in [5.41, 5.74) is 3.37. The van der Waals surface area contributed by atoms with Crippen LogP contribution in [-0.4, -0.2) is 23.8 Å². The third kappa shape index (κ3) is 2.98. The Morgan fingerprint density at radius 1 is 1.41 bits per heavy atom. The highest BCUT2D eigenvalue weighted by Crippen LogP contribution is 2.26. The molecule has 1 aromatic heterocycles. The standard InChI is InChI=1S/C12H14N2O2S/c1-7-8(2)10(5-13)12(14-9(7)3)17-6-11(15)16-4/h6H2,1-4H3. The predicted molar refractivity (Wildman–Crippen MR) is 65.9 cm³/mol. The molecule has 0 aliphatic rings. The Morgan fingerprint density at radius 2 is 2.06 bits per heavy atom. The van der Waals surface area contributed by atoms with Crippen molar-refractivity contribution in [2.75, 3.05) is 12.9 Å². The quantitative estimate of drug-likeness (QED) is 0.607. The summed E-state index contributed by atoms with van der Waals surface area (Å²) in [4.78, 5) is 15.4. The van der Waals surface area contributed by atoms with Crippen molar-refractivity contribution in [3.8, 4) is 6.07 Å². The Morgan fingerprint density at radius 3 is 2.59 bits per heavy atom. The number of rotatable bonds is 3. The van der Waals surface area contributed by atoms with E-state index in [1.165, 1.54) is 18.9 Å². The lowest BCUT2D eigenvalue weighted by atomic mass is 10.1. The first-order valence-electron chi connectivity index (χ1n) is 5.08. The Bertz CT molecular complexity index is 492. The lowest BCUT2D eigenvalue weighted by molar-refractivity contribution is -0.137. The maximum Gasteiger partial charge on any atom is 0.316 e. The molecule has 0 atom stereocenters. The van der Waals surface area contributed by atoms with Crippen LogP contribution >= 0.6 is 11.8 Å². The van der Waals surface area contributed by atoms with Gasteiger partial charge in [0.05, 0.1) is 18.4 Å². The number of esters is 1. The fourth-order valence-corrected chi connectivity index (χ4v) is 2.25. The maximum absolute atomic E-state index is 11.1. The van der Waals surface area contributed by atoms with E-state index in [0.717, 1.165) is 16.8 Å². The van der Waals surface area contributed by atoms with Gasteiger partial charge in [0, 0.05) is 5.69 Å². The number of carbonyl (C=O) groups is 1. The fraction of sp³-hybridized carbons (Fsp3) is 0.417. The molecule has 0 N–H and O–H groups in total. The van der Waals surface area contributed by atoms with Crippen LogP contribution in [0.1, 0.15) is 22.4 Å². The Kier molecular flexibility index (Phi) is 4.53. The fourth-order valence-electron chi connectivity index (χ4n) is 1.33.